The third-order valence-corrected chi connectivity index (χ3v) is 4.78. The highest BCUT2D eigenvalue weighted by molar-refractivity contribution is 7.90. The summed E-state index contributed by atoms with van der Waals surface area (Å²) in [6.07, 6.45) is 3.01. The maximum Gasteiger partial charge on any atom is 0.259 e. The average molecular weight is 322 g/mol. The Morgan fingerprint density at radius 1 is 1.41 bits per heavy atom. The monoisotopic (exact) mass is 322 g/mol. The second-order valence-corrected chi connectivity index (χ2v) is 7.68. The van der Waals surface area contributed by atoms with Crippen LogP contribution in [0, 0.1) is 17.2 Å². The van der Waals surface area contributed by atoms with Crippen molar-refractivity contribution in [3.63, 3.8) is 0 Å². The minimum absolute atomic E-state index is 0.190. The van der Waals surface area contributed by atoms with Crippen LogP contribution in [0.3, 0.4) is 0 Å². The molecule has 22 heavy (non-hydrogen) atoms. The molecule has 118 valence electrons. The van der Waals surface area contributed by atoms with Crippen molar-refractivity contribution in [3.8, 4) is 11.8 Å². The minimum Gasteiger partial charge on any atom is -0.484 e. The number of carbonyl (C=O) groups is 1. The Hall–Kier alpha value is -2.07. The van der Waals surface area contributed by atoms with Gasteiger partial charge in [0.05, 0.1) is 11.0 Å². The molecule has 0 heterocycles. The van der Waals surface area contributed by atoms with Crippen molar-refractivity contribution in [1.29, 1.82) is 5.26 Å². The smallest absolute Gasteiger partial charge is 0.259 e. The number of ether oxygens (including phenoxy) is 1. The van der Waals surface area contributed by atoms with Crippen LogP contribution in [0.4, 0.5) is 0 Å². The summed E-state index contributed by atoms with van der Waals surface area (Å²) in [5.74, 6) is 0.228. The molecule has 6 nitrogen and oxygen atoms in total. The second-order valence-electron chi connectivity index (χ2n) is 5.67. The van der Waals surface area contributed by atoms with Crippen molar-refractivity contribution < 1.29 is 17.9 Å². The molecule has 1 fully saturated rings. The van der Waals surface area contributed by atoms with Crippen molar-refractivity contribution >= 4 is 15.7 Å². The van der Waals surface area contributed by atoms with Gasteiger partial charge in [0.1, 0.15) is 11.3 Å². The molecule has 1 aliphatic rings. The lowest BCUT2D eigenvalue weighted by atomic mass is 9.98. The highest BCUT2D eigenvalue weighted by Crippen LogP contribution is 2.39. The van der Waals surface area contributed by atoms with Crippen LogP contribution in [0.5, 0.6) is 5.75 Å². The zero-order chi connectivity index (χ0) is 16.4. The standard InChI is InChI=1S/C15H18N2O4S/c1-15(10-16,11-3-4-11)17-14(18)9-21-12-5-7-13(8-6-12)22(2,19)20/h5-8,11H,3-4,9H2,1-2H3,(H,17,18). The molecule has 0 aromatic heterocycles. The highest BCUT2D eigenvalue weighted by atomic mass is 32.2. The van der Waals surface area contributed by atoms with Crippen LogP contribution in [0.15, 0.2) is 29.2 Å². The van der Waals surface area contributed by atoms with E-state index >= 15 is 0 Å². The maximum atomic E-state index is 11.9. The fourth-order valence-corrected chi connectivity index (χ4v) is 2.77. The third kappa shape index (κ3) is 3.98. The molecular weight excluding hydrogens is 304 g/mol. The molecule has 2 rings (SSSR count). The number of sulfone groups is 1. The van der Waals surface area contributed by atoms with Crippen LogP contribution in [0.1, 0.15) is 19.8 Å². The third-order valence-electron chi connectivity index (χ3n) is 3.65. The van der Waals surface area contributed by atoms with Gasteiger partial charge >= 0.3 is 0 Å². The van der Waals surface area contributed by atoms with E-state index in [9.17, 15) is 18.5 Å². The van der Waals surface area contributed by atoms with Gasteiger partial charge < -0.3 is 10.1 Å². The molecule has 1 unspecified atom stereocenters. The van der Waals surface area contributed by atoms with Gasteiger partial charge in [-0.3, -0.25) is 4.79 Å². The van der Waals surface area contributed by atoms with Crippen molar-refractivity contribution in [3.05, 3.63) is 24.3 Å². The molecule has 1 aromatic carbocycles. The zero-order valence-electron chi connectivity index (χ0n) is 12.5. The van der Waals surface area contributed by atoms with Crippen molar-refractivity contribution in [2.75, 3.05) is 12.9 Å². The lowest BCUT2D eigenvalue weighted by molar-refractivity contribution is -0.124. The van der Waals surface area contributed by atoms with Crippen molar-refractivity contribution in [2.45, 2.75) is 30.2 Å². The molecule has 1 amide bonds. The van der Waals surface area contributed by atoms with Gasteiger partial charge in [0, 0.05) is 6.26 Å². The van der Waals surface area contributed by atoms with Gasteiger partial charge in [-0.25, -0.2) is 8.42 Å². The van der Waals surface area contributed by atoms with Crippen molar-refractivity contribution in [1.82, 2.24) is 5.32 Å². The number of amides is 1. The van der Waals surface area contributed by atoms with Crippen LogP contribution in [-0.2, 0) is 14.6 Å². The molecule has 7 heteroatoms. The van der Waals surface area contributed by atoms with Gasteiger partial charge in [-0.05, 0) is 49.9 Å². The van der Waals surface area contributed by atoms with Crippen LogP contribution in [-0.4, -0.2) is 32.7 Å². The van der Waals surface area contributed by atoms with E-state index in [1.165, 1.54) is 24.3 Å². The number of nitrogens with one attached hydrogen (secondary N) is 1. The summed E-state index contributed by atoms with van der Waals surface area (Å²) >= 11 is 0. The first-order valence-corrected chi connectivity index (χ1v) is 8.79. The first-order valence-electron chi connectivity index (χ1n) is 6.90. The average Bonchev–Trinajstić information content (AvgIpc) is 3.29. The molecule has 1 aliphatic carbocycles. The largest absolute Gasteiger partial charge is 0.484 e. The Morgan fingerprint density at radius 2 is 2.00 bits per heavy atom. The molecule has 0 aliphatic heterocycles. The lowest BCUT2D eigenvalue weighted by Crippen LogP contribution is -2.48. The van der Waals surface area contributed by atoms with Gasteiger partial charge in [0.2, 0.25) is 0 Å². The Morgan fingerprint density at radius 3 is 2.45 bits per heavy atom. The maximum absolute atomic E-state index is 11.9. The number of hydrogen-bond acceptors (Lipinski definition) is 5. The predicted molar refractivity (Wildman–Crippen MR) is 79.9 cm³/mol. The topological polar surface area (TPSA) is 96.3 Å². The first kappa shape index (κ1) is 16.3. The van der Waals surface area contributed by atoms with Crippen LogP contribution in [0.25, 0.3) is 0 Å². The van der Waals surface area contributed by atoms with Crippen molar-refractivity contribution in [2.24, 2.45) is 5.92 Å². The van der Waals surface area contributed by atoms with Crippen LogP contribution in [0.2, 0.25) is 0 Å². The minimum atomic E-state index is -3.25. The van der Waals surface area contributed by atoms with E-state index < -0.39 is 15.4 Å². The van der Waals surface area contributed by atoms with E-state index in [-0.39, 0.29) is 23.3 Å². The Kier molecular flexibility index (Phi) is 4.42. The van der Waals surface area contributed by atoms with Gasteiger partial charge in [-0.1, -0.05) is 0 Å². The number of hydrogen-bond donors (Lipinski definition) is 1. The summed E-state index contributed by atoms with van der Waals surface area (Å²) in [6.45, 7) is 1.49. The summed E-state index contributed by atoms with van der Waals surface area (Å²) in [7, 11) is -3.25. The number of carbonyl (C=O) groups excluding carboxylic acids is 1. The molecule has 1 N–H and O–H groups in total. The van der Waals surface area contributed by atoms with E-state index in [0.29, 0.717) is 5.75 Å². The molecule has 0 bridgehead atoms. The summed E-state index contributed by atoms with van der Waals surface area (Å²) in [5, 5.41) is 11.9. The normalized spacial score (nSPS) is 17.1. The SMILES string of the molecule is CC(C#N)(NC(=O)COc1ccc(S(C)(=O)=O)cc1)C1CC1. The van der Waals surface area contributed by atoms with E-state index in [4.69, 9.17) is 4.74 Å². The summed E-state index contributed by atoms with van der Waals surface area (Å²) in [6, 6.07) is 7.97. The predicted octanol–water partition coefficient (Wildman–Crippen LogP) is 1.28. The van der Waals surface area contributed by atoms with E-state index in [1.54, 1.807) is 6.92 Å². The highest BCUT2D eigenvalue weighted by Gasteiger charge is 2.43. The summed E-state index contributed by atoms with van der Waals surface area (Å²) in [5.41, 5.74) is -0.847. The van der Waals surface area contributed by atoms with E-state index in [2.05, 4.69) is 11.4 Å². The quantitative estimate of drug-likeness (QED) is 0.851. The first-order chi connectivity index (χ1) is 10.2. The molecule has 0 saturated heterocycles. The van der Waals surface area contributed by atoms with Gasteiger partial charge in [-0.15, -0.1) is 0 Å². The van der Waals surface area contributed by atoms with Gasteiger partial charge in [-0.2, -0.15) is 5.26 Å². The van der Waals surface area contributed by atoms with Crippen LogP contribution < -0.4 is 10.1 Å². The molecule has 0 spiro atoms. The zero-order valence-corrected chi connectivity index (χ0v) is 13.3. The fraction of sp³-hybridized carbons (Fsp3) is 0.467. The Labute approximate surface area is 130 Å². The lowest BCUT2D eigenvalue weighted by Gasteiger charge is -2.22. The van der Waals surface area contributed by atoms with Gasteiger partial charge in [0.25, 0.3) is 5.91 Å². The van der Waals surface area contributed by atoms with Crippen LogP contribution >= 0.6 is 0 Å². The van der Waals surface area contributed by atoms with E-state index in [1.807, 2.05) is 0 Å². The number of rotatable bonds is 6. The Balaban J connectivity index is 1.90. The summed E-state index contributed by atoms with van der Waals surface area (Å²) in [4.78, 5) is 12.1. The molecule has 0 radical (unpaired) electrons. The molecule has 1 aromatic rings. The fourth-order valence-electron chi connectivity index (χ4n) is 2.14. The number of benzene rings is 1. The number of nitrogens with zero attached hydrogens (tertiary/aromatic N) is 1. The second kappa shape index (κ2) is 5.97. The molecule has 1 atom stereocenters. The summed E-state index contributed by atoms with van der Waals surface area (Å²) < 4.78 is 28.0. The molecular formula is C15H18N2O4S. The van der Waals surface area contributed by atoms with Gasteiger partial charge in [0.15, 0.2) is 16.4 Å². The number of nitriles is 1. The molecule has 1 saturated carbocycles. The Bertz CT molecular complexity index is 702. The van der Waals surface area contributed by atoms with E-state index in [0.717, 1.165) is 19.1 Å².